The van der Waals surface area contributed by atoms with Crippen LogP contribution in [0.5, 0.6) is 5.75 Å². The van der Waals surface area contributed by atoms with Gasteiger partial charge < -0.3 is 9.84 Å². The first-order valence-electron chi connectivity index (χ1n) is 6.75. The summed E-state index contributed by atoms with van der Waals surface area (Å²) in [6, 6.07) is 7.63. The minimum atomic E-state index is 0.0919. The van der Waals surface area contributed by atoms with Gasteiger partial charge in [-0.3, -0.25) is 0 Å². The first kappa shape index (κ1) is 15.5. The van der Waals surface area contributed by atoms with E-state index in [0.717, 1.165) is 29.7 Å². The molecule has 1 N–H and O–H groups in total. The zero-order chi connectivity index (χ0) is 13.1. The Labute approximate surface area is 118 Å². The van der Waals surface area contributed by atoms with Crippen molar-refractivity contribution in [3.63, 3.8) is 0 Å². The quantitative estimate of drug-likeness (QED) is 0.515. The molecule has 0 aliphatic rings. The molecule has 0 amide bonds. The van der Waals surface area contributed by atoms with Crippen LogP contribution in [0.4, 0.5) is 0 Å². The van der Waals surface area contributed by atoms with Crippen LogP contribution in [0.1, 0.15) is 44.1 Å². The molecule has 0 spiro atoms. The lowest BCUT2D eigenvalue weighted by Gasteiger charge is -2.06. The Morgan fingerprint density at radius 1 is 0.889 bits per heavy atom. The smallest absolute Gasteiger partial charge is 0.119 e. The Morgan fingerprint density at radius 3 is 2.11 bits per heavy atom. The number of hydrogen-bond donors (Lipinski definition) is 1. The molecule has 0 saturated heterocycles. The molecule has 102 valence electrons. The van der Waals surface area contributed by atoms with E-state index in [1.54, 1.807) is 0 Å². The highest BCUT2D eigenvalue weighted by atomic mass is 79.9. The fourth-order valence-corrected chi connectivity index (χ4v) is 2.18. The average Bonchev–Trinajstić information content (AvgIpc) is 2.42. The molecule has 0 atom stereocenters. The van der Waals surface area contributed by atoms with Crippen LogP contribution in [0.2, 0.25) is 0 Å². The second-order valence-electron chi connectivity index (χ2n) is 4.46. The van der Waals surface area contributed by atoms with Gasteiger partial charge in [0.05, 0.1) is 13.2 Å². The zero-order valence-electron chi connectivity index (χ0n) is 10.9. The number of aliphatic hydroxyl groups excluding tert-OH is 1. The van der Waals surface area contributed by atoms with Crippen molar-refractivity contribution in [1.29, 1.82) is 0 Å². The van der Waals surface area contributed by atoms with Crippen LogP contribution >= 0.6 is 15.9 Å². The van der Waals surface area contributed by atoms with Crippen molar-refractivity contribution in [2.24, 2.45) is 0 Å². The maximum Gasteiger partial charge on any atom is 0.119 e. The number of rotatable bonds is 10. The van der Waals surface area contributed by atoms with E-state index in [1.807, 2.05) is 24.3 Å². The maximum atomic E-state index is 8.92. The molecule has 0 saturated carbocycles. The summed E-state index contributed by atoms with van der Waals surface area (Å²) < 4.78 is 5.64. The first-order valence-corrected chi connectivity index (χ1v) is 7.87. The SMILES string of the molecule is OCc1ccc(OCCCCCCCCBr)cc1. The molecule has 0 aliphatic heterocycles. The number of unbranched alkanes of at least 4 members (excludes halogenated alkanes) is 5. The summed E-state index contributed by atoms with van der Waals surface area (Å²) in [5.74, 6) is 0.895. The van der Waals surface area contributed by atoms with Crippen molar-refractivity contribution in [1.82, 2.24) is 0 Å². The van der Waals surface area contributed by atoms with E-state index in [1.165, 1.54) is 32.1 Å². The Bertz CT molecular complexity index is 298. The molecule has 0 heterocycles. The molecule has 2 nitrogen and oxygen atoms in total. The molecule has 0 aliphatic carbocycles. The third-order valence-electron chi connectivity index (χ3n) is 2.90. The number of ether oxygens (including phenoxy) is 1. The fraction of sp³-hybridized carbons (Fsp3) is 0.600. The minimum Gasteiger partial charge on any atom is -0.494 e. The van der Waals surface area contributed by atoms with Crippen LogP contribution < -0.4 is 4.74 Å². The van der Waals surface area contributed by atoms with Crippen molar-refractivity contribution in [3.05, 3.63) is 29.8 Å². The second-order valence-corrected chi connectivity index (χ2v) is 5.25. The Balaban J connectivity index is 2.00. The molecular weight excluding hydrogens is 292 g/mol. The lowest BCUT2D eigenvalue weighted by atomic mass is 10.1. The van der Waals surface area contributed by atoms with Crippen LogP contribution in [0, 0.1) is 0 Å². The van der Waals surface area contributed by atoms with Crippen LogP contribution in [0.25, 0.3) is 0 Å². The number of alkyl halides is 1. The minimum absolute atomic E-state index is 0.0919. The average molecular weight is 315 g/mol. The third kappa shape index (κ3) is 7.02. The summed E-state index contributed by atoms with van der Waals surface area (Å²) in [7, 11) is 0. The maximum absolute atomic E-state index is 8.92. The topological polar surface area (TPSA) is 29.5 Å². The molecule has 0 bridgehead atoms. The zero-order valence-corrected chi connectivity index (χ0v) is 12.5. The molecule has 0 unspecified atom stereocenters. The number of aliphatic hydroxyl groups is 1. The van der Waals surface area contributed by atoms with Gasteiger partial charge in [0.15, 0.2) is 0 Å². The van der Waals surface area contributed by atoms with Crippen molar-refractivity contribution in [2.75, 3.05) is 11.9 Å². The van der Waals surface area contributed by atoms with Gasteiger partial charge in [-0.2, -0.15) is 0 Å². The Kier molecular flexibility index (Phi) is 8.96. The molecule has 3 heteroatoms. The molecule has 18 heavy (non-hydrogen) atoms. The predicted molar refractivity (Wildman–Crippen MR) is 79.4 cm³/mol. The van der Waals surface area contributed by atoms with Gasteiger partial charge in [0.1, 0.15) is 5.75 Å². The summed E-state index contributed by atoms with van der Waals surface area (Å²) in [6.07, 6.45) is 7.62. The highest BCUT2D eigenvalue weighted by Crippen LogP contribution is 2.13. The van der Waals surface area contributed by atoms with E-state index in [2.05, 4.69) is 15.9 Å². The molecule has 1 rings (SSSR count). The third-order valence-corrected chi connectivity index (χ3v) is 3.46. The Morgan fingerprint density at radius 2 is 1.50 bits per heavy atom. The highest BCUT2D eigenvalue weighted by molar-refractivity contribution is 9.09. The number of benzene rings is 1. The van der Waals surface area contributed by atoms with Crippen LogP contribution in [-0.2, 0) is 6.61 Å². The van der Waals surface area contributed by atoms with E-state index < -0.39 is 0 Å². The summed E-state index contributed by atoms with van der Waals surface area (Å²) in [6.45, 7) is 0.881. The molecular formula is C15H23BrO2. The van der Waals surface area contributed by atoms with Crippen molar-refractivity contribution in [2.45, 2.75) is 45.1 Å². The highest BCUT2D eigenvalue weighted by Gasteiger charge is 1.95. The molecule has 0 radical (unpaired) electrons. The van der Waals surface area contributed by atoms with E-state index in [-0.39, 0.29) is 6.61 Å². The summed E-state index contributed by atoms with van der Waals surface area (Å²) >= 11 is 3.44. The monoisotopic (exact) mass is 314 g/mol. The van der Waals surface area contributed by atoms with Gasteiger partial charge in [-0.1, -0.05) is 53.7 Å². The number of hydrogen-bond acceptors (Lipinski definition) is 2. The van der Waals surface area contributed by atoms with Gasteiger partial charge >= 0.3 is 0 Å². The van der Waals surface area contributed by atoms with E-state index in [4.69, 9.17) is 9.84 Å². The first-order chi connectivity index (χ1) is 8.86. The predicted octanol–water partition coefficient (Wildman–Crippen LogP) is 4.29. The van der Waals surface area contributed by atoms with Gasteiger partial charge in [-0.25, -0.2) is 0 Å². The van der Waals surface area contributed by atoms with Crippen LogP contribution in [0.3, 0.4) is 0 Å². The van der Waals surface area contributed by atoms with E-state index in [0.29, 0.717) is 0 Å². The van der Waals surface area contributed by atoms with E-state index in [9.17, 15) is 0 Å². The van der Waals surface area contributed by atoms with Crippen molar-refractivity contribution < 1.29 is 9.84 Å². The van der Waals surface area contributed by atoms with Crippen molar-refractivity contribution >= 4 is 15.9 Å². The summed E-state index contributed by atoms with van der Waals surface area (Å²) in [5, 5.41) is 10.0. The Hall–Kier alpha value is -0.540. The lowest BCUT2D eigenvalue weighted by Crippen LogP contribution is -1.97. The standard InChI is InChI=1S/C15H23BrO2/c16-11-5-3-1-2-4-6-12-18-15-9-7-14(13-17)8-10-15/h7-10,17H,1-6,11-13H2. The lowest BCUT2D eigenvalue weighted by molar-refractivity contribution is 0.281. The van der Waals surface area contributed by atoms with Gasteiger partial charge in [-0.15, -0.1) is 0 Å². The molecule has 0 aromatic heterocycles. The summed E-state index contributed by atoms with van der Waals surface area (Å²) in [5.41, 5.74) is 0.925. The van der Waals surface area contributed by atoms with Gasteiger partial charge in [0.25, 0.3) is 0 Å². The van der Waals surface area contributed by atoms with E-state index >= 15 is 0 Å². The fourth-order valence-electron chi connectivity index (χ4n) is 1.78. The van der Waals surface area contributed by atoms with Gasteiger partial charge in [0.2, 0.25) is 0 Å². The van der Waals surface area contributed by atoms with Crippen LogP contribution in [-0.4, -0.2) is 17.0 Å². The largest absolute Gasteiger partial charge is 0.494 e. The molecule has 1 aromatic rings. The second kappa shape index (κ2) is 10.4. The van der Waals surface area contributed by atoms with Crippen LogP contribution in [0.15, 0.2) is 24.3 Å². The van der Waals surface area contributed by atoms with Gasteiger partial charge in [-0.05, 0) is 30.5 Å². The molecule has 1 aromatic carbocycles. The normalized spacial score (nSPS) is 10.6. The summed E-state index contributed by atoms with van der Waals surface area (Å²) in [4.78, 5) is 0. The number of halogens is 1. The molecule has 0 fully saturated rings. The van der Waals surface area contributed by atoms with Gasteiger partial charge in [0, 0.05) is 5.33 Å². The van der Waals surface area contributed by atoms with Crippen molar-refractivity contribution in [3.8, 4) is 5.75 Å².